The van der Waals surface area contributed by atoms with Gasteiger partial charge in [-0.2, -0.15) is 0 Å². The van der Waals surface area contributed by atoms with Crippen molar-refractivity contribution >= 4 is 0 Å². The van der Waals surface area contributed by atoms with E-state index in [9.17, 15) is 0 Å². The van der Waals surface area contributed by atoms with E-state index in [-0.39, 0.29) is 0 Å². The molecule has 0 N–H and O–H groups in total. The van der Waals surface area contributed by atoms with Crippen LogP contribution in [0.25, 0.3) is 0 Å². The summed E-state index contributed by atoms with van der Waals surface area (Å²) in [5.74, 6) is 0. The van der Waals surface area contributed by atoms with Crippen LogP contribution in [0.4, 0.5) is 0 Å². The van der Waals surface area contributed by atoms with Crippen molar-refractivity contribution in [3.05, 3.63) is 0 Å². The Labute approximate surface area is 99.2 Å². The van der Waals surface area contributed by atoms with E-state index in [0.29, 0.717) is 0 Å². The third-order valence-corrected chi connectivity index (χ3v) is 6.83. The van der Waals surface area contributed by atoms with E-state index in [4.69, 9.17) is 0 Å². The molecule has 0 radical (unpaired) electrons. The largest absolute Gasteiger partial charge is 0.0470 e. The van der Waals surface area contributed by atoms with Gasteiger partial charge in [-0.3, -0.25) is 0 Å². The predicted octanol–water partition coefficient (Wildman–Crippen LogP) is 4.68. The van der Waals surface area contributed by atoms with Crippen LogP contribution in [-0.4, -0.2) is 0 Å². The van der Waals surface area contributed by atoms with Gasteiger partial charge >= 0.3 is 0 Å². The van der Waals surface area contributed by atoms with E-state index in [1.807, 2.05) is 0 Å². The molecule has 0 bridgehead atoms. The molecule has 5 aliphatic rings. The molecule has 0 unspecified atom stereocenters. The van der Waals surface area contributed by atoms with E-state index in [2.05, 4.69) is 0 Å². The highest BCUT2D eigenvalue weighted by molar-refractivity contribution is 5.17. The van der Waals surface area contributed by atoms with Crippen molar-refractivity contribution in [3.8, 4) is 0 Å². The number of hydrogen-bond acceptors (Lipinski definition) is 0. The third kappa shape index (κ3) is 1.22. The Balaban J connectivity index is 1.50. The molecule has 0 aromatic heterocycles. The SMILES string of the molecule is C1CC12CC1(CC1)CC1(CC1)CC1(CC1)C2. The van der Waals surface area contributed by atoms with Crippen molar-refractivity contribution in [1.82, 2.24) is 0 Å². The lowest BCUT2D eigenvalue weighted by molar-refractivity contribution is 0.145. The third-order valence-electron chi connectivity index (χ3n) is 6.83. The van der Waals surface area contributed by atoms with E-state index in [1.54, 1.807) is 77.0 Å². The van der Waals surface area contributed by atoms with Crippen LogP contribution < -0.4 is 0 Å². The van der Waals surface area contributed by atoms with Crippen molar-refractivity contribution in [2.24, 2.45) is 21.7 Å². The van der Waals surface area contributed by atoms with Gasteiger partial charge in [-0.15, -0.1) is 0 Å². The fourth-order valence-electron chi connectivity index (χ4n) is 5.55. The average molecular weight is 216 g/mol. The van der Waals surface area contributed by atoms with Crippen LogP contribution in [0.5, 0.6) is 0 Å². The zero-order chi connectivity index (χ0) is 10.5. The van der Waals surface area contributed by atoms with Crippen LogP contribution in [0.15, 0.2) is 0 Å². The van der Waals surface area contributed by atoms with Gasteiger partial charge in [-0.05, 0) is 98.7 Å². The second-order valence-corrected chi connectivity index (χ2v) is 8.71. The van der Waals surface area contributed by atoms with Gasteiger partial charge in [0.25, 0.3) is 0 Å². The minimum absolute atomic E-state index is 0.892. The molecule has 5 saturated carbocycles. The minimum Gasteiger partial charge on any atom is -0.0470 e. The monoisotopic (exact) mass is 216 g/mol. The topological polar surface area (TPSA) is 0 Å². The number of hydrogen-bond donors (Lipinski definition) is 0. The summed E-state index contributed by atoms with van der Waals surface area (Å²) >= 11 is 0. The van der Waals surface area contributed by atoms with Gasteiger partial charge in [-0.25, -0.2) is 0 Å². The lowest BCUT2D eigenvalue weighted by Crippen LogP contribution is -2.25. The van der Waals surface area contributed by atoms with Gasteiger partial charge in [0.2, 0.25) is 0 Å². The van der Waals surface area contributed by atoms with Gasteiger partial charge in [0.05, 0.1) is 0 Å². The Bertz CT molecular complexity index is 260. The van der Waals surface area contributed by atoms with Crippen molar-refractivity contribution in [3.63, 3.8) is 0 Å². The fraction of sp³-hybridized carbons (Fsp3) is 1.00. The molecule has 0 aliphatic heterocycles. The molecule has 0 aromatic rings. The maximum atomic E-state index is 1.66. The first-order valence-electron chi connectivity index (χ1n) is 7.66. The summed E-state index contributed by atoms with van der Waals surface area (Å²) in [6, 6.07) is 0. The summed E-state index contributed by atoms with van der Waals surface area (Å²) < 4.78 is 0. The van der Waals surface area contributed by atoms with Crippen LogP contribution in [0, 0.1) is 21.7 Å². The summed E-state index contributed by atoms with van der Waals surface area (Å²) in [6.45, 7) is 0. The molecule has 0 aromatic carbocycles. The molecular weight excluding hydrogens is 192 g/mol. The lowest BCUT2D eigenvalue weighted by atomic mass is 9.69. The first-order chi connectivity index (χ1) is 7.66. The second-order valence-electron chi connectivity index (χ2n) is 8.71. The molecule has 5 rings (SSSR count). The summed E-state index contributed by atoms with van der Waals surface area (Å²) in [4.78, 5) is 0. The Morgan fingerprint density at radius 3 is 0.625 bits per heavy atom. The second kappa shape index (κ2) is 2.27. The van der Waals surface area contributed by atoms with Gasteiger partial charge < -0.3 is 0 Å². The summed E-state index contributed by atoms with van der Waals surface area (Å²) in [5, 5.41) is 0. The van der Waals surface area contributed by atoms with E-state index in [0.717, 1.165) is 21.7 Å². The highest BCUT2D eigenvalue weighted by Gasteiger charge is 2.66. The highest BCUT2D eigenvalue weighted by Crippen LogP contribution is 2.77. The van der Waals surface area contributed by atoms with Crippen molar-refractivity contribution in [1.29, 1.82) is 0 Å². The fourth-order valence-corrected chi connectivity index (χ4v) is 5.55. The standard InChI is InChI=1S/C16H24/c1-2-13(1)9-14(3-4-14)11-16(7-8-16)12-15(10-13)5-6-15/h1-12H2. The summed E-state index contributed by atoms with van der Waals surface area (Å²) in [6.07, 6.45) is 19.4. The van der Waals surface area contributed by atoms with Crippen LogP contribution in [0.1, 0.15) is 77.0 Å². The van der Waals surface area contributed by atoms with E-state index < -0.39 is 0 Å². The summed E-state index contributed by atoms with van der Waals surface area (Å²) in [7, 11) is 0. The zero-order valence-corrected chi connectivity index (χ0v) is 10.5. The Hall–Kier alpha value is 0. The van der Waals surface area contributed by atoms with Gasteiger partial charge in [0.15, 0.2) is 0 Å². The molecule has 4 spiro atoms. The molecule has 5 aliphatic carbocycles. The molecule has 0 amide bonds. The van der Waals surface area contributed by atoms with Crippen LogP contribution in [0.3, 0.4) is 0 Å². The molecular formula is C16H24. The molecule has 0 heterocycles. The highest BCUT2D eigenvalue weighted by atomic mass is 14.7. The van der Waals surface area contributed by atoms with E-state index in [1.165, 1.54) is 0 Å². The Morgan fingerprint density at radius 1 is 0.312 bits per heavy atom. The van der Waals surface area contributed by atoms with Crippen molar-refractivity contribution < 1.29 is 0 Å². The van der Waals surface area contributed by atoms with Crippen LogP contribution in [0.2, 0.25) is 0 Å². The maximum Gasteiger partial charge on any atom is -0.0287 e. The van der Waals surface area contributed by atoms with Gasteiger partial charge in [0, 0.05) is 0 Å². The normalized spacial score (nSPS) is 42.0. The van der Waals surface area contributed by atoms with Crippen LogP contribution >= 0.6 is 0 Å². The molecule has 0 heteroatoms. The first-order valence-corrected chi connectivity index (χ1v) is 7.66. The molecule has 0 nitrogen and oxygen atoms in total. The maximum absolute atomic E-state index is 1.66. The summed E-state index contributed by atoms with van der Waals surface area (Å²) in [5.41, 5.74) is 3.57. The smallest absolute Gasteiger partial charge is 0.0287 e. The lowest BCUT2D eigenvalue weighted by Gasteiger charge is -2.36. The molecule has 0 saturated heterocycles. The predicted molar refractivity (Wildman–Crippen MR) is 65.1 cm³/mol. The Morgan fingerprint density at radius 2 is 0.500 bits per heavy atom. The zero-order valence-electron chi connectivity index (χ0n) is 10.5. The van der Waals surface area contributed by atoms with Gasteiger partial charge in [-0.1, -0.05) is 0 Å². The molecule has 0 atom stereocenters. The minimum atomic E-state index is 0.892. The van der Waals surface area contributed by atoms with E-state index >= 15 is 0 Å². The number of rotatable bonds is 0. The Kier molecular flexibility index (Phi) is 1.28. The first kappa shape index (κ1) is 9.00. The van der Waals surface area contributed by atoms with Crippen molar-refractivity contribution in [2.75, 3.05) is 0 Å². The average Bonchev–Trinajstić information content (AvgIpc) is 3.00. The van der Waals surface area contributed by atoms with Gasteiger partial charge in [0.1, 0.15) is 0 Å². The molecule has 16 heavy (non-hydrogen) atoms. The molecule has 88 valence electrons. The quantitative estimate of drug-likeness (QED) is 0.551. The molecule has 5 fully saturated rings. The van der Waals surface area contributed by atoms with Crippen molar-refractivity contribution in [2.45, 2.75) is 77.0 Å². The van der Waals surface area contributed by atoms with Crippen LogP contribution in [-0.2, 0) is 0 Å².